The molecule has 2 aromatic rings. The van der Waals surface area contributed by atoms with Gasteiger partial charge in [0.2, 0.25) is 0 Å². The Kier molecular flexibility index (Phi) is 4.57. The third-order valence-corrected chi connectivity index (χ3v) is 3.38. The summed E-state index contributed by atoms with van der Waals surface area (Å²) in [5.41, 5.74) is 3.75. The van der Waals surface area contributed by atoms with E-state index in [-0.39, 0.29) is 5.97 Å². The number of hydrogen-bond donors (Lipinski definition) is 1. The van der Waals surface area contributed by atoms with Gasteiger partial charge in [-0.05, 0) is 32.9 Å². The predicted molar refractivity (Wildman–Crippen MR) is 80.2 cm³/mol. The predicted octanol–water partition coefficient (Wildman–Crippen LogP) is 2.22. The summed E-state index contributed by atoms with van der Waals surface area (Å²) in [6.07, 6.45) is 1.52. The molecule has 21 heavy (non-hydrogen) atoms. The Balaban J connectivity index is 2.02. The van der Waals surface area contributed by atoms with Gasteiger partial charge >= 0.3 is 5.97 Å². The summed E-state index contributed by atoms with van der Waals surface area (Å²) in [6.45, 7) is 6.81. The Morgan fingerprint density at radius 2 is 2.14 bits per heavy atom. The first kappa shape index (κ1) is 15.0. The number of esters is 1. The molecule has 0 fully saturated rings. The highest BCUT2D eigenvalue weighted by molar-refractivity contribution is 5.89. The molecule has 0 atom stereocenters. The van der Waals surface area contributed by atoms with Gasteiger partial charge in [-0.3, -0.25) is 4.68 Å². The standard InChI is InChI=1S/C15H20N4O2/c1-5-21-15(20)12-6-7-14(16-8-12)17-9-13-10(2)18-19(4)11(13)3/h6-8H,5,9H2,1-4H3,(H,16,17). The molecule has 2 rings (SSSR count). The van der Waals surface area contributed by atoms with Crippen molar-refractivity contribution in [3.05, 3.63) is 40.8 Å². The molecule has 112 valence electrons. The van der Waals surface area contributed by atoms with Gasteiger partial charge in [-0.15, -0.1) is 0 Å². The minimum absolute atomic E-state index is 0.351. The highest BCUT2D eigenvalue weighted by Crippen LogP contribution is 2.14. The van der Waals surface area contributed by atoms with E-state index >= 15 is 0 Å². The zero-order valence-electron chi connectivity index (χ0n) is 12.8. The Labute approximate surface area is 124 Å². The normalized spacial score (nSPS) is 10.5. The zero-order valence-corrected chi connectivity index (χ0v) is 12.8. The molecule has 2 heterocycles. The first-order valence-electron chi connectivity index (χ1n) is 6.89. The van der Waals surface area contributed by atoms with Crippen molar-refractivity contribution < 1.29 is 9.53 Å². The van der Waals surface area contributed by atoms with Crippen molar-refractivity contribution in [2.75, 3.05) is 11.9 Å². The Bertz CT molecular complexity index is 632. The van der Waals surface area contributed by atoms with Gasteiger partial charge in [0.05, 0.1) is 17.9 Å². The van der Waals surface area contributed by atoms with Crippen molar-refractivity contribution >= 4 is 11.8 Å². The molecule has 0 saturated carbocycles. The maximum absolute atomic E-state index is 11.5. The van der Waals surface area contributed by atoms with Crippen LogP contribution in [-0.4, -0.2) is 27.3 Å². The summed E-state index contributed by atoms with van der Waals surface area (Å²) in [7, 11) is 1.93. The van der Waals surface area contributed by atoms with E-state index in [1.54, 1.807) is 19.1 Å². The van der Waals surface area contributed by atoms with Crippen molar-refractivity contribution in [3.63, 3.8) is 0 Å². The number of aromatic nitrogens is 3. The van der Waals surface area contributed by atoms with Crippen LogP contribution in [0.3, 0.4) is 0 Å². The van der Waals surface area contributed by atoms with Crippen LogP contribution in [0.25, 0.3) is 0 Å². The van der Waals surface area contributed by atoms with E-state index in [9.17, 15) is 4.79 Å². The number of carbonyl (C=O) groups excluding carboxylic acids is 1. The lowest BCUT2D eigenvalue weighted by Crippen LogP contribution is -2.07. The monoisotopic (exact) mass is 288 g/mol. The molecular weight excluding hydrogens is 268 g/mol. The molecule has 6 nitrogen and oxygen atoms in total. The van der Waals surface area contributed by atoms with Crippen molar-refractivity contribution in [1.29, 1.82) is 0 Å². The average molecular weight is 288 g/mol. The number of carbonyl (C=O) groups is 1. The molecule has 0 bridgehead atoms. The van der Waals surface area contributed by atoms with Crippen LogP contribution in [0.5, 0.6) is 0 Å². The highest BCUT2D eigenvalue weighted by atomic mass is 16.5. The number of aryl methyl sites for hydroxylation is 2. The fourth-order valence-electron chi connectivity index (χ4n) is 2.09. The molecule has 0 aliphatic carbocycles. The van der Waals surface area contributed by atoms with Gasteiger partial charge in [-0.2, -0.15) is 5.10 Å². The van der Waals surface area contributed by atoms with Gasteiger partial charge < -0.3 is 10.1 Å². The molecule has 0 spiro atoms. The SMILES string of the molecule is CCOC(=O)c1ccc(NCc2c(C)nn(C)c2C)nc1. The summed E-state index contributed by atoms with van der Waals surface area (Å²) in [5, 5.41) is 7.61. The molecule has 1 N–H and O–H groups in total. The zero-order chi connectivity index (χ0) is 15.4. The maximum Gasteiger partial charge on any atom is 0.339 e. The third kappa shape index (κ3) is 3.39. The smallest absolute Gasteiger partial charge is 0.339 e. The topological polar surface area (TPSA) is 69.0 Å². The fraction of sp³-hybridized carbons (Fsp3) is 0.400. The van der Waals surface area contributed by atoms with Gasteiger partial charge in [-0.1, -0.05) is 0 Å². The van der Waals surface area contributed by atoms with Crippen LogP contribution in [0.1, 0.15) is 34.2 Å². The van der Waals surface area contributed by atoms with E-state index in [0.717, 1.165) is 17.0 Å². The molecule has 6 heteroatoms. The van der Waals surface area contributed by atoms with Crippen LogP contribution in [-0.2, 0) is 18.3 Å². The summed E-state index contributed by atoms with van der Waals surface area (Å²) in [6, 6.07) is 3.48. The molecule has 0 saturated heterocycles. The van der Waals surface area contributed by atoms with Crippen molar-refractivity contribution in [2.45, 2.75) is 27.3 Å². The van der Waals surface area contributed by atoms with Crippen LogP contribution in [0.15, 0.2) is 18.3 Å². The van der Waals surface area contributed by atoms with Crippen LogP contribution < -0.4 is 5.32 Å². The molecule has 0 radical (unpaired) electrons. The quantitative estimate of drug-likeness (QED) is 0.854. The largest absolute Gasteiger partial charge is 0.462 e. The molecule has 2 aromatic heterocycles. The lowest BCUT2D eigenvalue weighted by Gasteiger charge is -2.07. The lowest BCUT2D eigenvalue weighted by atomic mass is 10.2. The van der Waals surface area contributed by atoms with Crippen LogP contribution in [0.4, 0.5) is 5.82 Å². The van der Waals surface area contributed by atoms with E-state index in [2.05, 4.69) is 15.4 Å². The molecular formula is C15H20N4O2. The third-order valence-electron chi connectivity index (χ3n) is 3.38. The summed E-state index contributed by atoms with van der Waals surface area (Å²) in [4.78, 5) is 15.8. The van der Waals surface area contributed by atoms with E-state index in [1.807, 2.05) is 25.6 Å². The molecule has 0 aliphatic heterocycles. The summed E-state index contributed by atoms with van der Waals surface area (Å²) in [5.74, 6) is 0.362. The molecule has 0 aliphatic rings. The second kappa shape index (κ2) is 6.39. The second-order valence-corrected chi connectivity index (χ2v) is 4.78. The van der Waals surface area contributed by atoms with E-state index < -0.39 is 0 Å². The number of pyridine rings is 1. The Hall–Kier alpha value is -2.37. The Morgan fingerprint density at radius 1 is 1.38 bits per heavy atom. The van der Waals surface area contributed by atoms with Gasteiger partial charge in [-0.25, -0.2) is 9.78 Å². The van der Waals surface area contributed by atoms with Crippen molar-refractivity contribution in [2.24, 2.45) is 7.05 Å². The second-order valence-electron chi connectivity index (χ2n) is 4.78. The summed E-state index contributed by atoms with van der Waals surface area (Å²) < 4.78 is 6.79. The molecule has 0 unspecified atom stereocenters. The lowest BCUT2D eigenvalue weighted by molar-refractivity contribution is 0.0526. The molecule has 0 amide bonds. The van der Waals surface area contributed by atoms with Crippen LogP contribution >= 0.6 is 0 Å². The van der Waals surface area contributed by atoms with Crippen molar-refractivity contribution in [1.82, 2.24) is 14.8 Å². The van der Waals surface area contributed by atoms with Crippen LogP contribution in [0, 0.1) is 13.8 Å². The van der Waals surface area contributed by atoms with E-state index in [0.29, 0.717) is 24.5 Å². The molecule has 0 aromatic carbocycles. The maximum atomic E-state index is 11.5. The number of nitrogens with one attached hydrogen (secondary N) is 1. The first-order chi connectivity index (χ1) is 10.0. The summed E-state index contributed by atoms with van der Waals surface area (Å²) >= 11 is 0. The fourth-order valence-corrected chi connectivity index (χ4v) is 2.09. The van der Waals surface area contributed by atoms with Crippen molar-refractivity contribution in [3.8, 4) is 0 Å². The van der Waals surface area contributed by atoms with Gasteiger partial charge in [0.15, 0.2) is 0 Å². The van der Waals surface area contributed by atoms with Crippen LogP contribution in [0.2, 0.25) is 0 Å². The van der Waals surface area contributed by atoms with Gasteiger partial charge in [0.1, 0.15) is 5.82 Å². The van der Waals surface area contributed by atoms with Gasteiger partial charge in [0, 0.05) is 31.0 Å². The minimum Gasteiger partial charge on any atom is -0.462 e. The van der Waals surface area contributed by atoms with Gasteiger partial charge in [0.25, 0.3) is 0 Å². The number of ether oxygens (including phenoxy) is 1. The Morgan fingerprint density at radius 3 is 2.67 bits per heavy atom. The minimum atomic E-state index is -0.351. The number of rotatable bonds is 5. The van der Waals surface area contributed by atoms with E-state index in [1.165, 1.54) is 6.20 Å². The number of hydrogen-bond acceptors (Lipinski definition) is 5. The number of nitrogens with zero attached hydrogens (tertiary/aromatic N) is 3. The highest BCUT2D eigenvalue weighted by Gasteiger charge is 2.10. The first-order valence-corrected chi connectivity index (χ1v) is 6.89. The van der Waals surface area contributed by atoms with E-state index in [4.69, 9.17) is 4.74 Å². The average Bonchev–Trinajstić information content (AvgIpc) is 2.71. The number of anilines is 1.